The molecule has 0 atom stereocenters. The molecule has 5 N–H and O–H groups in total. The van der Waals surface area contributed by atoms with Crippen LogP contribution in [0.5, 0.6) is 0 Å². The smallest absolute Gasteiger partial charge is 0.248 e. The van der Waals surface area contributed by atoms with Gasteiger partial charge in [0, 0.05) is 5.56 Å². The van der Waals surface area contributed by atoms with Crippen LogP contribution in [0.15, 0.2) is 12.1 Å². The standard InChI is InChI=1S/C7H7Cl2N3O/c8-4-1-3(7(10)13)2-5(9)6(4)12-11/h1-2,12H,11H2,(H2,10,13). The van der Waals surface area contributed by atoms with Gasteiger partial charge in [0.2, 0.25) is 5.91 Å². The molecule has 6 heteroatoms. The lowest BCUT2D eigenvalue weighted by Gasteiger charge is -2.06. The fourth-order valence-electron chi connectivity index (χ4n) is 0.853. The fraction of sp³-hybridized carbons (Fsp3) is 0. The van der Waals surface area contributed by atoms with E-state index in [1.54, 1.807) is 0 Å². The number of carbonyl (C=O) groups excluding carboxylic acids is 1. The molecule has 0 fully saturated rings. The minimum Gasteiger partial charge on any atom is -0.366 e. The number of benzene rings is 1. The quantitative estimate of drug-likeness (QED) is 0.520. The zero-order chi connectivity index (χ0) is 10.0. The Morgan fingerprint density at radius 2 is 1.77 bits per heavy atom. The second kappa shape index (κ2) is 3.83. The van der Waals surface area contributed by atoms with Gasteiger partial charge in [-0.2, -0.15) is 0 Å². The number of nitrogens with one attached hydrogen (secondary N) is 1. The number of rotatable bonds is 2. The van der Waals surface area contributed by atoms with Crippen molar-refractivity contribution in [3.8, 4) is 0 Å². The zero-order valence-corrected chi connectivity index (χ0v) is 7.99. The SMILES string of the molecule is NNc1c(Cl)cc(C(N)=O)cc1Cl. The van der Waals surface area contributed by atoms with Gasteiger partial charge < -0.3 is 11.2 Å². The maximum atomic E-state index is 10.8. The lowest BCUT2D eigenvalue weighted by molar-refractivity contribution is 0.100. The summed E-state index contributed by atoms with van der Waals surface area (Å²) in [7, 11) is 0. The highest BCUT2D eigenvalue weighted by molar-refractivity contribution is 6.39. The van der Waals surface area contributed by atoms with Crippen molar-refractivity contribution in [3.63, 3.8) is 0 Å². The number of hydrogen-bond acceptors (Lipinski definition) is 3. The van der Waals surface area contributed by atoms with Crippen LogP contribution in [0, 0.1) is 0 Å². The molecule has 13 heavy (non-hydrogen) atoms. The van der Waals surface area contributed by atoms with Gasteiger partial charge in [-0.3, -0.25) is 10.6 Å². The van der Waals surface area contributed by atoms with Crippen molar-refractivity contribution in [2.75, 3.05) is 5.43 Å². The average molecular weight is 220 g/mol. The van der Waals surface area contributed by atoms with Crippen molar-refractivity contribution in [2.24, 2.45) is 11.6 Å². The Hall–Kier alpha value is -0.970. The Bertz CT molecular complexity index is 331. The highest BCUT2D eigenvalue weighted by Crippen LogP contribution is 2.30. The van der Waals surface area contributed by atoms with Crippen LogP contribution in [0.25, 0.3) is 0 Å². The molecule has 0 aliphatic rings. The van der Waals surface area contributed by atoms with Gasteiger partial charge in [-0.1, -0.05) is 23.2 Å². The van der Waals surface area contributed by atoms with Crippen LogP contribution in [0.4, 0.5) is 5.69 Å². The molecule has 0 radical (unpaired) electrons. The summed E-state index contributed by atoms with van der Waals surface area (Å²) in [6, 6.07) is 2.79. The fourth-order valence-corrected chi connectivity index (χ4v) is 1.45. The van der Waals surface area contributed by atoms with Crippen molar-refractivity contribution in [1.29, 1.82) is 0 Å². The predicted molar refractivity (Wildman–Crippen MR) is 52.8 cm³/mol. The minimum atomic E-state index is -0.590. The number of halogens is 2. The maximum absolute atomic E-state index is 10.8. The molecule has 0 saturated carbocycles. The molecule has 0 unspecified atom stereocenters. The molecule has 0 aliphatic carbocycles. The van der Waals surface area contributed by atoms with Crippen LogP contribution < -0.4 is 17.0 Å². The second-order valence-corrected chi connectivity index (χ2v) is 3.14. The van der Waals surface area contributed by atoms with Gasteiger partial charge in [-0.25, -0.2) is 0 Å². The molecule has 1 aromatic carbocycles. The van der Waals surface area contributed by atoms with E-state index >= 15 is 0 Å². The molecular formula is C7H7Cl2N3O. The third kappa shape index (κ3) is 2.03. The molecule has 0 spiro atoms. The summed E-state index contributed by atoms with van der Waals surface area (Å²) in [5.41, 5.74) is 7.96. The van der Waals surface area contributed by atoms with Crippen molar-refractivity contribution in [2.45, 2.75) is 0 Å². The van der Waals surface area contributed by atoms with Gasteiger partial charge in [-0.15, -0.1) is 0 Å². The van der Waals surface area contributed by atoms with E-state index in [1.807, 2.05) is 0 Å². The van der Waals surface area contributed by atoms with E-state index < -0.39 is 5.91 Å². The van der Waals surface area contributed by atoms with E-state index in [4.69, 9.17) is 34.8 Å². The molecule has 0 aromatic heterocycles. The Morgan fingerprint density at radius 1 is 1.31 bits per heavy atom. The molecule has 0 bridgehead atoms. The van der Waals surface area contributed by atoms with E-state index in [2.05, 4.69) is 5.43 Å². The number of hydrazine groups is 1. The van der Waals surface area contributed by atoms with Crippen LogP contribution in [-0.2, 0) is 0 Å². The third-order valence-corrected chi connectivity index (χ3v) is 2.07. The summed E-state index contributed by atoms with van der Waals surface area (Å²) in [5.74, 6) is 4.55. The molecule has 0 heterocycles. The van der Waals surface area contributed by atoms with Gasteiger partial charge in [0.25, 0.3) is 0 Å². The normalized spacial score (nSPS) is 9.77. The molecule has 70 valence electrons. The second-order valence-electron chi connectivity index (χ2n) is 2.32. The number of amides is 1. The molecule has 1 rings (SSSR count). The average Bonchev–Trinajstić information content (AvgIpc) is 2.03. The highest BCUT2D eigenvalue weighted by Gasteiger charge is 2.09. The van der Waals surface area contributed by atoms with Crippen molar-refractivity contribution in [1.82, 2.24) is 0 Å². The van der Waals surface area contributed by atoms with E-state index in [1.165, 1.54) is 12.1 Å². The van der Waals surface area contributed by atoms with E-state index in [0.29, 0.717) is 5.69 Å². The Balaban J connectivity index is 3.28. The Morgan fingerprint density at radius 3 is 2.08 bits per heavy atom. The van der Waals surface area contributed by atoms with E-state index in [0.717, 1.165) is 0 Å². The Labute approximate surface area is 84.8 Å². The van der Waals surface area contributed by atoms with E-state index in [-0.39, 0.29) is 15.6 Å². The maximum Gasteiger partial charge on any atom is 0.248 e. The Kier molecular flexibility index (Phi) is 2.98. The van der Waals surface area contributed by atoms with Crippen molar-refractivity contribution in [3.05, 3.63) is 27.7 Å². The van der Waals surface area contributed by atoms with Crippen LogP contribution >= 0.6 is 23.2 Å². The van der Waals surface area contributed by atoms with Crippen molar-refractivity contribution < 1.29 is 4.79 Å². The molecule has 4 nitrogen and oxygen atoms in total. The summed E-state index contributed by atoms with van der Waals surface area (Å²) in [6.45, 7) is 0. The van der Waals surface area contributed by atoms with Crippen LogP contribution in [0.1, 0.15) is 10.4 Å². The first-order valence-corrected chi connectivity index (χ1v) is 4.07. The third-order valence-electron chi connectivity index (χ3n) is 1.47. The van der Waals surface area contributed by atoms with Gasteiger partial charge in [0.15, 0.2) is 0 Å². The molecule has 0 saturated heterocycles. The summed E-state index contributed by atoms with van der Waals surface area (Å²) in [4.78, 5) is 10.8. The molecular weight excluding hydrogens is 213 g/mol. The zero-order valence-electron chi connectivity index (χ0n) is 6.47. The first kappa shape index (κ1) is 10.1. The summed E-state index contributed by atoms with van der Waals surface area (Å²) >= 11 is 11.5. The number of hydrogen-bond donors (Lipinski definition) is 3. The number of carbonyl (C=O) groups is 1. The first-order valence-electron chi connectivity index (χ1n) is 3.31. The first-order chi connectivity index (χ1) is 6.06. The number of nitrogens with two attached hydrogens (primary N) is 2. The van der Waals surface area contributed by atoms with Crippen LogP contribution in [-0.4, -0.2) is 5.91 Å². The van der Waals surface area contributed by atoms with Crippen LogP contribution in [0.2, 0.25) is 10.0 Å². The monoisotopic (exact) mass is 219 g/mol. The van der Waals surface area contributed by atoms with Gasteiger partial charge in [0.1, 0.15) is 0 Å². The number of nitrogen functional groups attached to an aromatic ring is 1. The summed E-state index contributed by atoms with van der Waals surface area (Å²) in [6.07, 6.45) is 0. The largest absolute Gasteiger partial charge is 0.366 e. The molecule has 1 aromatic rings. The number of primary amides is 1. The van der Waals surface area contributed by atoms with Gasteiger partial charge in [-0.05, 0) is 12.1 Å². The summed E-state index contributed by atoms with van der Waals surface area (Å²) < 4.78 is 0. The molecule has 1 amide bonds. The summed E-state index contributed by atoms with van der Waals surface area (Å²) in [5, 5.41) is 0.507. The predicted octanol–water partition coefficient (Wildman–Crippen LogP) is 1.38. The number of anilines is 1. The van der Waals surface area contributed by atoms with Gasteiger partial charge in [0.05, 0.1) is 15.7 Å². The van der Waals surface area contributed by atoms with E-state index in [9.17, 15) is 4.79 Å². The molecule has 0 aliphatic heterocycles. The highest BCUT2D eigenvalue weighted by atomic mass is 35.5. The van der Waals surface area contributed by atoms with Gasteiger partial charge >= 0.3 is 0 Å². The lowest BCUT2D eigenvalue weighted by Crippen LogP contribution is -2.13. The minimum absolute atomic E-state index is 0.244. The van der Waals surface area contributed by atoms with Crippen LogP contribution in [0.3, 0.4) is 0 Å². The topological polar surface area (TPSA) is 81.1 Å². The van der Waals surface area contributed by atoms with Crippen molar-refractivity contribution >= 4 is 34.8 Å². The lowest BCUT2D eigenvalue weighted by atomic mass is 10.2.